The molecule has 2 amide bonds. The van der Waals surface area contributed by atoms with Crippen molar-refractivity contribution in [1.29, 1.82) is 0 Å². The maximum Gasteiger partial charge on any atom is 1.00 e. The Labute approximate surface area is 591 Å². The van der Waals surface area contributed by atoms with E-state index in [1.165, 1.54) is 18.2 Å². The molecule has 29 nitrogen and oxygen atoms in total. The molecule has 0 aliphatic carbocycles. The van der Waals surface area contributed by atoms with Gasteiger partial charge in [-0.2, -0.15) is 15.0 Å². The molecule has 3 heterocycles. The van der Waals surface area contributed by atoms with Crippen molar-refractivity contribution in [2.24, 2.45) is 5.14 Å². The van der Waals surface area contributed by atoms with E-state index in [1.54, 1.807) is 144 Å². The van der Waals surface area contributed by atoms with E-state index in [1.807, 2.05) is 9.44 Å². The summed E-state index contributed by atoms with van der Waals surface area (Å²) < 4.78 is 136. The molecule has 36 heteroatoms. The maximum absolute atomic E-state index is 14.3. The van der Waals surface area contributed by atoms with Crippen LogP contribution < -0.4 is 90.3 Å². The van der Waals surface area contributed by atoms with Crippen LogP contribution in [0.4, 0.5) is 82.6 Å². The van der Waals surface area contributed by atoms with Gasteiger partial charge < -0.3 is 47.5 Å². The number of ether oxygens (including phenoxy) is 3. The first-order chi connectivity index (χ1) is 46.7. The number of hydrogen-bond acceptors (Lipinski definition) is 23. The smallest absolute Gasteiger partial charge is 1.00 e. The summed E-state index contributed by atoms with van der Waals surface area (Å²) in [5.41, 5.74) is 3.99. The minimum atomic E-state index is -4.06. The van der Waals surface area contributed by atoms with Gasteiger partial charge in [-0.3, -0.25) is 24.1 Å². The molecule has 9 rings (SSSR count). The topological polar surface area (TPSA) is 377 Å². The normalized spacial score (nSPS) is 10.7. The average molecular weight is 1420 g/mol. The summed E-state index contributed by atoms with van der Waals surface area (Å²) in [5, 5.41) is 22.2. The standard InChI is InChI=1S/2C22H21FN6O4S.C19H17FN6O3S.Na.H/c2*1-4-20(30)29-34(31,32)19-11-16(6-5-14(19)2)27-22-25-12-18(23)21(28-22)26-15-7-9-17(10-8-15)33-13-24-3;1-12-3-4-14(9-17(12)30(21,27)28)25-19-23-10-16(20)18(26-19)24-13-5-7-15(8-6-13)29-11-22-2;;/h2*5-12H,4,13H2,1-2H3,(H,29,30)(H2,25,26,27,28);3-10H,11H2,1H3,(H2,21,27,28)(H2,23,24,25,26);;/q;;;+1;-1. The van der Waals surface area contributed by atoms with Crippen LogP contribution in [0.25, 0.3) is 14.5 Å². The molecule has 9 aromatic rings. The molecule has 10 N–H and O–H groups in total. The predicted octanol–water partition coefficient (Wildman–Crippen LogP) is 8.19. The van der Waals surface area contributed by atoms with Crippen LogP contribution in [0.5, 0.6) is 17.2 Å². The number of nitrogens with two attached hydrogens (primary N) is 1. The number of carbonyl (C=O) groups excluding carboxylic acids is 2. The first-order valence-electron chi connectivity index (χ1n) is 28.5. The number of aryl methyl sites for hydroxylation is 3. The van der Waals surface area contributed by atoms with Gasteiger partial charge in [0, 0.05) is 47.0 Å². The molecule has 0 saturated heterocycles. The van der Waals surface area contributed by atoms with E-state index in [-0.39, 0.29) is 114 Å². The van der Waals surface area contributed by atoms with Gasteiger partial charge in [-0.05, 0) is 147 Å². The largest absolute Gasteiger partial charge is 1.00 e. The fraction of sp³-hybridized carbons (Fsp3) is 0.159. The van der Waals surface area contributed by atoms with Crippen molar-refractivity contribution in [1.82, 2.24) is 39.3 Å². The van der Waals surface area contributed by atoms with Gasteiger partial charge in [0.2, 0.25) is 39.7 Å². The van der Waals surface area contributed by atoms with Gasteiger partial charge in [0.05, 0.1) is 33.3 Å². The van der Waals surface area contributed by atoms with Gasteiger partial charge in [0.15, 0.2) is 34.9 Å². The summed E-state index contributed by atoms with van der Waals surface area (Å²) in [6, 6.07) is 33.2. The molecule has 0 bridgehead atoms. The monoisotopic (exact) mass is 1420 g/mol. The van der Waals surface area contributed by atoms with E-state index in [2.05, 4.69) is 76.3 Å². The molecule has 0 fully saturated rings. The first kappa shape index (κ1) is 76.8. The Bertz CT molecular complexity index is 4660. The summed E-state index contributed by atoms with van der Waals surface area (Å²) in [6.07, 6.45) is 2.97. The average Bonchev–Trinajstić information content (AvgIpc) is 0.817. The van der Waals surface area contributed by atoms with Crippen LogP contribution in [0, 0.1) is 57.9 Å². The van der Waals surface area contributed by atoms with Crippen LogP contribution in [0.15, 0.2) is 161 Å². The molecule has 0 aliphatic rings. The zero-order chi connectivity index (χ0) is 71.2. The predicted molar refractivity (Wildman–Crippen MR) is 359 cm³/mol. The molecule has 0 radical (unpaired) electrons. The SMILES string of the molecule is [C-]#[N+]COc1ccc(Nc2nc(Nc3ccc(C)c(S(=O)(=O)NC(=O)CC)c3)ncc2F)cc1.[C-]#[N+]COc1ccc(Nc2nc(Nc3ccc(C)c(S(=O)(=O)NC(=O)CC)c3)ncc2F)cc1.[C-]#[N+]COc1ccc(Nc2nc(Nc3ccc(C)c(S(N)(=O)=O)c3)ncc2F)cc1.[H-].[Na+]. The van der Waals surface area contributed by atoms with Crippen LogP contribution in [-0.2, 0) is 39.7 Å². The zero-order valence-electron chi connectivity index (χ0n) is 54.3. The Morgan fingerprint density at radius 3 is 0.970 bits per heavy atom. The number of sulfonamides is 3. The first-order valence-corrected chi connectivity index (χ1v) is 33.0. The van der Waals surface area contributed by atoms with Gasteiger partial charge in [0.25, 0.3) is 20.0 Å². The maximum atomic E-state index is 14.3. The second-order valence-electron chi connectivity index (χ2n) is 20.0. The Morgan fingerprint density at radius 1 is 0.444 bits per heavy atom. The third-order valence-electron chi connectivity index (χ3n) is 12.8. The number of hydrogen-bond donors (Lipinski definition) is 9. The number of benzene rings is 6. The molecule has 0 spiro atoms. The number of aromatic nitrogens is 6. The van der Waals surface area contributed by atoms with Crippen molar-refractivity contribution in [3.8, 4) is 17.2 Å². The van der Waals surface area contributed by atoms with E-state index in [0.717, 1.165) is 18.6 Å². The van der Waals surface area contributed by atoms with Gasteiger partial charge in [-0.1, -0.05) is 32.0 Å². The molecule has 508 valence electrons. The van der Waals surface area contributed by atoms with Crippen LogP contribution >= 0.6 is 0 Å². The molecule has 99 heavy (non-hydrogen) atoms. The summed E-state index contributed by atoms with van der Waals surface area (Å²) in [4.78, 5) is 56.3. The summed E-state index contributed by atoms with van der Waals surface area (Å²) in [7, 11) is -12.0. The number of nitrogens with zero attached hydrogens (tertiary/aromatic N) is 9. The van der Waals surface area contributed by atoms with E-state index < -0.39 is 59.3 Å². The summed E-state index contributed by atoms with van der Waals surface area (Å²) >= 11 is 0. The fourth-order valence-electron chi connectivity index (χ4n) is 8.04. The van der Waals surface area contributed by atoms with Gasteiger partial charge in [0.1, 0.15) is 17.2 Å². The van der Waals surface area contributed by atoms with Crippen LogP contribution in [-0.4, -0.2) is 87.2 Å². The second-order valence-corrected chi connectivity index (χ2v) is 24.9. The van der Waals surface area contributed by atoms with Gasteiger partial charge in [-0.25, -0.2) is 87.7 Å². The number of rotatable bonds is 25. The quantitative estimate of drug-likeness (QED) is 0.0192. The van der Waals surface area contributed by atoms with E-state index in [0.29, 0.717) is 68.1 Å². The second kappa shape index (κ2) is 35.7. The summed E-state index contributed by atoms with van der Waals surface area (Å²) in [6.45, 7) is 27.8. The van der Waals surface area contributed by atoms with Crippen molar-refractivity contribution in [2.75, 3.05) is 52.1 Å². The van der Waals surface area contributed by atoms with Crippen LogP contribution in [0.3, 0.4) is 0 Å². The van der Waals surface area contributed by atoms with Crippen molar-refractivity contribution < 1.29 is 93.2 Å². The number of halogens is 3. The minimum absolute atomic E-state index is 0. The van der Waals surface area contributed by atoms with E-state index >= 15 is 0 Å². The Hall–Kier alpha value is -11.2. The number of nitrogens with one attached hydrogen (secondary N) is 8. The molecular formula is C63H60F3N18NaO11S3. The third-order valence-corrected chi connectivity index (χ3v) is 16.9. The molecule has 0 unspecified atom stereocenters. The Kier molecular flexibility index (Phi) is 27.7. The van der Waals surface area contributed by atoms with Crippen LogP contribution in [0.1, 0.15) is 44.8 Å². The van der Waals surface area contributed by atoms with Crippen LogP contribution in [0.2, 0.25) is 0 Å². The zero-order valence-corrected chi connectivity index (χ0v) is 57.8. The van der Waals surface area contributed by atoms with E-state index in [4.69, 9.17) is 39.1 Å². The third kappa shape index (κ3) is 23.0. The van der Waals surface area contributed by atoms with Crippen molar-refractivity contribution in [2.45, 2.75) is 62.1 Å². The van der Waals surface area contributed by atoms with Crippen molar-refractivity contribution >= 4 is 111 Å². The minimum Gasteiger partial charge on any atom is -1.00 e. The van der Waals surface area contributed by atoms with Crippen molar-refractivity contribution in [3.05, 3.63) is 214 Å². The summed E-state index contributed by atoms with van der Waals surface area (Å²) in [5.74, 6) is -2.04. The number of anilines is 12. The Balaban J connectivity index is 0.000000268. The molecule has 0 aliphatic heterocycles. The molecule has 6 aromatic carbocycles. The Morgan fingerprint density at radius 2 is 0.707 bits per heavy atom. The molecule has 0 atom stereocenters. The molecular weight excluding hydrogens is 1360 g/mol. The fourth-order valence-corrected chi connectivity index (χ4v) is 11.5. The van der Waals surface area contributed by atoms with Crippen molar-refractivity contribution in [3.63, 3.8) is 0 Å². The molecule has 0 saturated carbocycles. The number of primary sulfonamides is 1. The van der Waals surface area contributed by atoms with E-state index in [9.17, 15) is 48.0 Å². The van der Waals surface area contributed by atoms with Gasteiger partial charge in [-0.15, -0.1) is 0 Å². The molecule has 3 aromatic heterocycles. The van der Waals surface area contributed by atoms with Gasteiger partial charge >= 0.3 is 49.7 Å². The number of carbonyl (C=O) groups is 2. The number of amides is 2.